The largest absolute Gasteiger partial charge is 0.573 e. The van der Waals surface area contributed by atoms with Crippen LogP contribution in [0.4, 0.5) is 18.9 Å². The van der Waals surface area contributed by atoms with Crippen LogP contribution in [0.5, 0.6) is 5.75 Å². The summed E-state index contributed by atoms with van der Waals surface area (Å²) in [5.41, 5.74) is 0.179. The second kappa shape index (κ2) is 9.14. The summed E-state index contributed by atoms with van der Waals surface area (Å²) in [6.07, 6.45) is -4.79. The molecule has 0 saturated carbocycles. The van der Waals surface area contributed by atoms with Crippen molar-refractivity contribution in [2.75, 3.05) is 17.6 Å². The van der Waals surface area contributed by atoms with Crippen molar-refractivity contribution in [2.45, 2.75) is 11.3 Å². The topological polar surface area (TPSA) is 67.4 Å². The zero-order chi connectivity index (χ0) is 19.0. The first-order valence-electron chi connectivity index (χ1n) is 7.46. The normalized spacial score (nSPS) is 10.9. The van der Waals surface area contributed by atoms with Gasteiger partial charge in [-0.05, 0) is 36.4 Å². The summed E-state index contributed by atoms with van der Waals surface area (Å²) < 4.78 is 39.9. The fourth-order valence-corrected chi connectivity index (χ4v) is 2.65. The van der Waals surface area contributed by atoms with E-state index in [0.717, 1.165) is 17.0 Å². The van der Waals surface area contributed by atoms with Crippen LogP contribution in [0, 0.1) is 0 Å². The second-order valence-corrected chi connectivity index (χ2v) is 6.11. The molecule has 0 saturated heterocycles. The maximum atomic E-state index is 12.1. The van der Waals surface area contributed by atoms with Crippen LogP contribution in [0.1, 0.15) is 0 Å². The molecule has 26 heavy (non-hydrogen) atoms. The number of anilines is 1. The molecular formula is C17H15F3N2O3S. The molecule has 0 radical (unpaired) electrons. The number of halogens is 3. The molecule has 0 spiro atoms. The number of alkyl halides is 3. The number of carbonyl (C=O) groups is 2. The van der Waals surface area contributed by atoms with Gasteiger partial charge in [0.05, 0.1) is 0 Å². The van der Waals surface area contributed by atoms with Gasteiger partial charge in [0.25, 0.3) is 0 Å². The summed E-state index contributed by atoms with van der Waals surface area (Å²) in [6.45, 7) is 0.296. The van der Waals surface area contributed by atoms with Crippen molar-refractivity contribution in [1.29, 1.82) is 0 Å². The Morgan fingerprint density at radius 1 is 0.962 bits per heavy atom. The van der Waals surface area contributed by atoms with Crippen LogP contribution in [-0.4, -0.2) is 30.5 Å². The third-order valence-corrected chi connectivity index (χ3v) is 3.97. The predicted octanol–water partition coefficient (Wildman–Crippen LogP) is 3.43. The third-order valence-electron chi connectivity index (χ3n) is 2.95. The average Bonchev–Trinajstić information content (AvgIpc) is 2.60. The van der Waals surface area contributed by atoms with Gasteiger partial charge in [0.1, 0.15) is 5.75 Å². The molecule has 138 valence electrons. The van der Waals surface area contributed by atoms with Crippen molar-refractivity contribution in [3.63, 3.8) is 0 Å². The monoisotopic (exact) mass is 384 g/mol. The first-order valence-corrected chi connectivity index (χ1v) is 8.45. The minimum Gasteiger partial charge on any atom is -0.406 e. The molecular weight excluding hydrogens is 369 g/mol. The molecule has 2 aromatic rings. The number of nitrogens with one attached hydrogen (secondary N) is 2. The average molecular weight is 384 g/mol. The van der Waals surface area contributed by atoms with Crippen molar-refractivity contribution in [2.24, 2.45) is 0 Å². The second-order valence-electron chi connectivity index (χ2n) is 4.94. The SMILES string of the molecule is O=C(NCCSc1ccccc1)C(=O)Nc1ccc(OC(F)(F)F)cc1. The fraction of sp³-hybridized carbons (Fsp3) is 0.176. The van der Waals surface area contributed by atoms with E-state index in [-0.39, 0.29) is 5.69 Å². The maximum Gasteiger partial charge on any atom is 0.573 e. The van der Waals surface area contributed by atoms with Crippen molar-refractivity contribution >= 4 is 29.3 Å². The lowest BCUT2D eigenvalue weighted by molar-refractivity contribution is -0.274. The molecule has 2 amide bonds. The van der Waals surface area contributed by atoms with Gasteiger partial charge in [-0.3, -0.25) is 9.59 Å². The fourth-order valence-electron chi connectivity index (χ4n) is 1.86. The van der Waals surface area contributed by atoms with Crippen LogP contribution in [0.2, 0.25) is 0 Å². The first-order chi connectivity index (χ1) is 12.3. The molecule has 0 unspecified atom stereocenters. The summed E-state index contributed by atoms with van der Waals surface area (Å²) in [7, 11) is 0. The summed E-state index contributed by atoms with van der Waals surface area (Å²) in [6, 6.07) is 14.1. The van der Waals surface area contributed by atoms with Gasteiger partial charge >= 0.3 is 18.2 Å². The van der Waals surface area contributed by atoms with E-state index in [4.69, 9.17) is 0 Å². The Labute approximate surface area is 151 Å². The van der Waals surface area contributed by atoms with E-state index in [1.165, 1.54) is 23.9 Å². The van der Waals surface area contributed by atoms with Crippen LogP contribution in [0.25, 0.3) is 0 Å². The van der Waals surface area contributed by atoms with E-state index in [1.54, 1.807) is 0 Å². The molecule has 2 aromatic carbocycles. The van der Waals surface area contributed by atoms with Gasteiger partial charge in [0.15, 0.2) is 0 Å². The predicted molar refractivity (Wildman–Crippen MR) is 91.9 cm³/mol. The highest BCUT2D eigenvalue weighted by Gasteiger charge is 2.31. The lowest BCUT2D eigenvalue weighted by Gasteiger charge is -2.10. The van der Waals surface area contributed by atoms with E-state index in [9.17, 15) is 22.8 Å². The minimum atomic E-state index is -4.79. The first kappa shape index (κ1) is 19.6. The number of amides is 2. The maximum absolute atomic E-state index is 12.1. The summed E-state index contributed by atoms with van der Waals surface area (Å²) in [4.78, 5) is 24.5. The highest BCUT2D eigenvalue weighted by Crippen LogP contribution is 2.23. The zero-order valence-corrected chi connectivity index (χ0v) is 14.2. The van der Waals surface area contributed by atoms with E-state index in [0.29, 0.717) is 12.3 Å². The van der Waals surface area contributed by atoms with Crippen LogP contribution >= 0.6 is 11.8 Å². The molecule has 0 atom stereocenters. The number of carbonyl (C=O) groups excluding carboxylic acids is 2. The quantitative estimate of drug-likeness (QED) is 0.455. The van der Waals surface area contributed by atoms with Crippen molar-refractivity contribution in [3.05, 3.63) is 54.6 Å². The number of rotatable bonds is 6. The van der Waals surface area contributed by atoms with Gasteiger partial charge in [-0.25, -0.2) is 0 Å². The Morgan fingerprint density at radius 2 is 1.62 bits per heavy atom. The number of ether oxygens (including phenoxy) is 1. The third kappa shape index (κ3) is 7.06. The Hall–Kier alpha value is -2.68. The number of hydrogen-bond acceptors (Lipinski definition) is 4. The molecule has 0 fully saturated rings. The molecule has 0 aliphatic carbocycles. The van der Waals surface area contributed by atoms with E-state index < -0.39 is 23.9 Å². The standard InChI is InChI=1S/C17H15F3N2O3S/c18-17(19,20)25-13-8-6-12(7-9-13)22-16(24)15(23)21-10-11-26-14-4-2-1-3-5-14/h1-9H,10-11H2,(H,21,23)(H,22,24). The molecule has 2 rings (SSSR count). The van der Waals surface area contributed by atoms with Gasteiger partial charge in [0, 0.05) is 22.9 Å². The smallest absolute Gasteiger partial charge is 0.406 e. The molecule has 0 heterocycles. The molecule has 0 aliphatic heterocycles. The number of hydrogen-bond donors (Lipinski definition) is 2. The number of thioether (sulfide) groups is 1. The molecule has 9 heteroatoms. The van der Waals surface area contributed by atoms with Crippen LogP contribution < -0.4 is 15.4 Å². The Morgan fingerprint density at radius 3 is 2.23 bits per heavy atom. The summed E-state index contributed by atoms with van der Waals surface area (Å²) in [5.74, 6) is -1.56. The van der Waals surface area contributed by atoms with Crippen LogP contribution in [-0.2, 0) is 9.59 Å². The lowest BCUT2D eigenvalue weighted by atomic mass is 10.3. The van der Waals surface area contributed by atoms with Crippen LogP contribution in [0.3, 0.4) is 0 Å². The van der Waals surface area contributed by atoms with Crippen molar-refractivity contribution in [3.8, 4) is 5.75 Å². The Balaban J connectivity index is 1.73. The van der Waals surface area contributed by atoms with Crippen LogP contribution in [0.15, 0.2) is 59.5 Å². The highest BCUT2D eigenvalue weighted by molar-refractivity contribution is 7.99. The van der Waals surface area contributed by atoms with Gasteiger partial charge in [-0.15, -0.1) is 24.9 Å². The summed E-state index contributed by atoms with van der Waals surface area (Å²) >= 11 is 1.53. The van der Waals surface area contributed by atoms with Crippen molar-refractivity contribution in [1.82, 2.24) is 5.32 Å². The van der Waals surface area contributed by atoms with Crippen molar-refractivity contribution < 1.29 is 27.5 Å². The molecule has 0 aliphatic rings. The van der Waals surface area contributed by atoms with E-state index in [1.807, 2.05) is 30.3 Å². The zero-order valence-electron chi connectivity index (χ0n) is 13.4. The van der Waals surface area contributed by atoms with Gasteiger partial charge in [-0.1, -0.05) is 18.2 Å². The van der Waals surface area contributed by atoms with Gasteiger partial charge in [0.2, 0.25) is 0 Å². The molecule has 0 aromatic heterocycles. The molecule has 0 bridgehead atoms. The number of benzene rings is 2. The van der Waals surface area contributed by atoms with E-state index in [2.05, 4.69) is 15.4 Å². The molecule has 2 N–H and O–H groups in total. The van der Waals surface area contributed by atoms with Gasteiger partial charge < -0.3 is 15.4 Å². The molecule has 5 nitrogen and oxygen atoms in total. The Bertz CT molecular complexity index is 737. The van der Waals surface area contributed by atoms with E-state index >= 15 is 0 Å². The highest BCUT2D eigenvalue weighted by atomic mass is 32.2. The minimum absolute atomic E-state index is 0.179. The lowest BCUT2D eigenvalue weighted by Crippen LogP contribution is -2.36. The summed E-state index contributed by atoms with van der Waals surface area (Å²) in [5, 5.41) is 4.77. The Kier molecular flexibility index (Phi) is 6.90. The van der Waals surface area contributed by atoms with Gasteiger partial charge in [-0.2, -0.15) is 0 Å².